The summed E-state index contributed by atoms with van der Waals surface area (Å²) in [5.41, 5.74) is 0.388. The van der Waals surface area contributed by atoms with E-state index in [0.717, 1.165) is 12.1 Å². The van der Waals surface area contributed by atoms with Gasteiger partial charge < -0.3 is 10.1 Å². The van der Waals surface area contributed by atoms with Gasteiger partial charge in [-0.1, -0.05) is 12.1 Å². The molecule has 1 aliphatic heterocycles. The lowest BCUT2D eigenvalue weighted by Crippen LogP contribution is -2.50. The highest BCUT2D eigenvalue weighted by Gasteiger charge is 2.31. The molecule has 0 spiro atoms. The molecule has 0 saturated carbocycles. The Hall–Kier alpha value is -1.62. The van der Waals surface area contributed by atoms with Gasteiger partial charge in [0.2, 0.25) is 0 Å². The first-order valence-electron chi connectivity index (χ1n) is 6.82. The van der Waals surface area contributed by atoms with Crippen LogP contribution in [0.15, 0.2) is 24.3 Å². The number of carbonyl (C=O) groups is 1. The number of halogens is 1. The first kappa shape index (κ1) is 14.8. The zero-order valence-electron chi connectivity index (χ0n) is 12.1. The fraction of sp³-hybridized carbons (Fsp3) is 0.533. The number of carbonyl (C=O) groups excluding carboxylic acids is 1. The second kappa shape index (κ2) is 5.79. The van der Waals surface area contributed by atoms with Crippen molar-refractivity contribution < 1.29 is 13.9 Å². The molecule has 1 aromatic carbocycles. The second-order valence-electron chi connectivity index (χ2n) is 5.95. The van der Waals surface area contributed by atoms with E-state index >= 15 is 0 Å². The minimum absolute atomic E-state index is 0.126. The first-order chi connectivity index (χ1) is 9.37. The summed E-state index contributed by atoms with van der Waals surface area (Å²) in [6.07, 6.45) is -0.326. The van der Waals surface area contributed by atoms with Crippen molar-refractivity contribution in [3.8, 4) is 0 Å². The predicted molar refractivity (Wildman–Crippen MR) is 75.0 cm³/mol. The summed E-state index contributed by atoms with van der Waals surface area (Å²) in [5.74, 6) is -0.277. The summed E-state index contributed by atoms with van der Waals surface area (Å²) in [5, 5.41) is 3.25. The molecule has 0 aromatic heterocycles. The van der Waals surface area contributed by atoms with Gasteiger partial charge in [0.05, 0.1) is 6.04 Å². The molecule has 110 valence electrons. The van der Waals surface area contributed by atoms with Crippen LogP contribution in [0.3, 0.4) is 0 Å². The van der Waals surface area contributed by atoms with Gasteiger partial charge in [-0.2, -0.15) is 0 Å². The van der Waals surface area contributed by atoms with Crippen LogP contribution in [0.25, 0.3) is 0 Å². The van der Waals surface area contributed by atoms with E-state index in [-0.39, 0.29) is 18.0 Å². The molecule has 0 unspecified atom stereocenters. The minimum atomic E-state index is -0.519. The van der Waals surface area contributed by atoms with E-state index < -0.39 is 5.60 Å². The van der Waals surface area contributed by atoms with E-state index in [1.807, 2.05) is 20.8 Å². The van der Waals surface area contributed by atoms with Crippen LogP contribution >= 0.6 is 0 Å². The van der Waals surface area contributed by atoms with E-state index in [1.165, 1.54) is 12.1 Å². The molecule has 1 aromatic rings. The molecule has 1 saturated heterocycles. The average Bonchev–Trinajstić information content (AvgIpc) is 2.38. The van der Waals surface area contributed by atoms with E-state index in [0.29, 0.717) is 13.1 Å². The minimum Gasteiger partial charge on any atom is -0.444 e. The molecular formula is C15H21FN2O2. The van der Waals surface area contributed by atoms with Crippen LogP contribution in [0.5, 0.6) is 0 Å². The second-order valence-corrected chi connectivity index (χ2v) is 5.95. The topological polar surface area (TPSA) is 41.6 Å². The molecule has 1 heterocycles. The Kier molecular flexibility index (Phi) is 4.28. The van der Waals surface area contributed by atoms with Crippen molar-refractivity contribution in [3.05, 3.63) is 35.6 Å². The highest BCUT2D eigenvalue weighted by Crippen LogP contribution is 2.24. The van der Waals surface area contributed by atoms with Gasteiger partial charge >= 0.3 is 6.09 Å². The predicted octanol–water partition coefficient (Wildman–Crippen LogP) is 2.71. The number of rotatable bonds is 1. The Labute approximate surface area is 118 Å². The van der Waals surface area contributed by atoms with Crippen molar-refractivity contribution in [2.75, 3.05) is 19.6 Å². The fourth-order valence-corrected chi connectivity index (χ4v) is 2.23. The van der Waals surface area contributed by atoms with Crippen molar-refractivity contribution in [1.82, 2.24) is 10.2 Å². The lowest BCUT2D eigenvalue weighted by atomic mass is 10.0. The normalized spacial score (nSPS) is 19.8. The van der Waals surface area contributed by atoms with Crippen LogP contribution in [0.4, 0.5) is 9.18 Å². The molecule has 0 aliphatic carbocycles. The third kappa shape index (κ3) is 3.70. The molecule has 20 heavy (non-hydrogen) atoms. The molecule has 0 radical (unpaired) electrons. The van der Waals surface area contributed by atoms with Crippen LogP contribution in [-0.4, -0.2) is 36.2 Å². The summed E-state index contributed by atoms with van der Waals surface area (Å²) < 4.78 is 18.4. The third-order valence-electron chi connectivity index (χ3n) is 3.13. The van der Waals surface area contributed by atoms with Crippen LogP contribution in [-0.2, 0) is 4.74 Å². The van der Waals surface area contributed by atoms with Crippen molar-refractivity contribution >= 4 is 6.09 Å². The molecule has 1 atom stereocenters. The van der Waals surface area contributed by atoms with Gasteiger partial charge in [0.1, 0.15) is 11.4 Å². The van der Waals surface area contributed by atoms with Gasteiger partial charge in [0.25, 0.3) is 0 Å². The lowest BCUT2D eigenvalue weighted by molar-refractivity contribution is 0.0118. The maximum absolute atomic E-state index is 13.0. The van der Waals surface area contributed by atoms with Gasteiger partial charge in [-0.25, -0.2) is 9.18 Å². The molecule has 4 nitrogen and oxygen atoms in total. The van der Waals surface area contributed by atoms with Gasteiger partial charge in [0.15, 0.2) is 0 Å². The van der Waals surface area contributed by atoms with Crippen molar-refractivity contribution in [1.29, 1.82) is 0 Å². The number of amides is 1. The number of piperazine rings is 1. The monoisotopic (exact) mass is 280 g/mol. The standard InChI is InChI=1S/C15H21FN2O2/c1-15(2,3)20-14(19)18-9-8-17-10-13(18)11-4-6-12(16)7-5-11/h4-7,13,17H,8-10H2,1-3H3/t13-/m1/s1. The number of hydrogen-bond acceptors (Lipinski definition) is 3. The number of ether oxygens (including phenoxy) is 1. The SMILES string of the molecule is CC(C)(C)OC(=O)N1CCNC[C@@H]1c1ccc(F)cc1. The molecule has 0 bridgehead atoms. The Morgan fingerprint density at radius 3 is 2.60 bits per heavy atom. The average molecular weight is 280 g/mol. The zero-order valence-corrected chi connectivity index (χ0v) is 12.1. The van der Waals surface area contributed by atoms with Crippen LogP contribution in [0.2, 0.25) is 0 Å². The summed E-state index contributed by atoms with van der Waals surface area (Å²) in [7, 11) is 0. The summed E-state index contributed by atoms with van der Waals surface area (Å²) in [4.78, 5) is 14.0. The first-order valence-corrected chi connectivity index (χ1v) is 6.82. The largest absolute Gasteiger partial charge is 0.444 e. The molecule has 1 N–H and O–H groups in total. The number of benzene rings is 1. The lowest BCUT2D eigenvalue weighted by Gasteiger charge is -2.37. The van der Waals surface area contributed by atoms with Gasteiger partial charge in [0, 0.05) is 19.6 Å². The van der Waals surface area contributed by atoms with Crippen molar-refractivity contribution in [3.63, 3.8) is 0 Å². The number of hydrogen-bond donors (Lipinski definition) is 1. The summed E-state index contributed by atoms with van der Waals surface area (Å²) in [6, 6.07) is 6.13. The van der Waals surface area contributed by atoms with E-state index in [2.05, 4.69) is 5.32 Å². The maximum atomic E-state index is 13.0. The highest BCUT2D eigenvalue weighted by molar-refractivity contribution is 5.69. The quantitative estimate of drug-likeness (QED) is 0.860. The number of nitrogens with zero attached hydrogens (tertiary/aromatic N) is 1. The maximum Gasteiger partial charge on any atom is 0.410 e. The summed E-state index contributed by atoms with van der Waals surface area (Å²) >= 11 is 0. The Bertz CT molecular complexity index is 468. The molecule has 2 rings (SSSR count). The fourth-order valence-electron chi connectivity index (χ4n) is 2.23. The molecule has 5 heteroatoms. The van der Waals surface area contributed by atoms with E-state index in [4.69, 9.17) is 4.74 Å². The van der Waals surface area contributed by atoms with E-state index in [9.17, 15) is 9.18 Å². The summed E-state index contributed by atoms with van der Waals surface area (Å²) in [6.45, 7) is 7.50. The molecule has 1 aliphatic rings. The van der Waals surface area contributed by atoms with Gasteiger partial charge in [-0.3, -0.25) is 4.90 Å². The van der Waals surface area contributed by atoms with E-state index in [1.54, 1.807) is 17.0 Å². The van der Waals surface area contributed by atoms with Crippen LogP contribution < -0.4 is 5.32 Å². The number of nitrogens with one attached hydrogen (secondary N) is 1. The van der Waals surface area contributed by atoms with Crippen LogP contribution in [0, 0.1) is 5.82 Å². The Morgan fingerprint density at radius 2 is 2.00 bits per heavy atom. The third-order valence-corrected chi connectivity index (χ3v) is 3.13. The zero-order chi connectivity index (χ0) is 14.8. The Morgan fingerprint density at radius 1 is 1.35 bits per heavy atom. The molecule has 1 amide bonds. The van der Waals surface area contributed by atoms with Gasteiger partial charge in [-0.05, 0) is 38.5 Å². The van der Waals surface area contributed by atoms with Crippen molar-refractivity contribution in [2.24, 2.45) is 0 Å². The van der Waals surface area contributed by atoms with Gasteiger partial charge in [-0.15, -0.1) is 0 Å². The Balaban J connectivity index is 2.16. The molecular weight excluding hydrogens is 259 g/mol. The van der Waals surface area contributed by atoms with Crippen molar-refractivity contribution in [2.45, 2.75) is 32.4 Å². The smallest absolute Gasteiger partial charge is 0.410 e. The highest BCUT2D eigenvalue weighted by atomic mass is 19.1. The van der Waals surface area contributed by atoms with Crippen LogP contribution in [0.1, 0.15) is 32.4 Å². The molecule has 1 fully saturated rings.